The van der Waals surface area contributed by atoms with Crippen LogP contribution in [-0.2, 0) is 10.0 Å². The van der Waals surface area contributed by atoms with Crippen molar-refractivity contribution in [3.8, 4) is 16.9 Å². The Labute approximate surface area is 159 Å². The summed E-state index contributed by atoms with van der Waals surface area (Å²) >= 11 is 0. The lowest BCUT2D eigenvalue weighted by Crippen LogP contribution is -2.50. The first-order valence-corrected chi connectivity index (χ1v) is 9.86. The van der Waals surface area contributed by atoms with E-state index in [1.54, 1.807) is 36.4 Å². The first-order chi connectivity index (χ1) is 12.5. The molecule has 0 saturated heterocycles. The Hall–Kier alpha value is -2.58. The van der Waals surface area contributed by atoms with E-state index in [-0.39, 0.29) is 17.2 Å². The number of hydrogen-bond acceptors (Lipinski definition) is 4. The highest BCUT2D eigenvalue weighted by atomic mass is 32.2. The molecule has 2 rings (SSSR count). The molecule has 7 nitrogen and oxygen atoms in total. The lowest BCUT2D eigenvalue weighted by Gasteiger charge is -2.30. The maximum Gasteiger partial charge on any atom is 0.404 e. The van der Waals surface area contributed by atoms with Gasteiger partial charge in [-0.25, -0.2) is 17.9 Å². The summed E-state index contributed by atoms with van der Waals surface area (Å²) in [7, 11) is -3.78. The highest BCUT2D eigenvalue weighted by Gasteiger charge is 2.28. The molecule has 146 valence electrons. The summed E-state index contributed by atoms with van der Waals surface area (Å²) in [4.78, 5) is 11.0. The minimum Gasteiger partial charge on any atom is -0.508 e. The summed E-state index contributed by atoms with van der Waals surface area (Å²) in [6.45, 7) is 5.43. The van der Waals surface area contributed by atoms with Gasteiger partial charge in [-0.15, -0.1) is 0 Å². The minimum absolute atomic E-state index is 0.0577. The van der Waals surface area contributed by atoms with Crippen LogP contribution in [0.2, 0.25) is 0 Å². The van der Waals surface area contributed by atoms with Crippen LogP contribution >= 0.6 is 0 Å². The van der Waals surface area contributed by atoms with Gasteiger partial charge in [-0.2, -0.15) is 0 Å². The molecule has 1 unspecified atom stereocenters. The second-order valence-electron chi connectivity index (χ2n) is 7.29. The fraction of sp³-hybridized carbons (Fsp3) is 0.316. The summed E-state index contributed by atoms with van der Waals surface area (Å²) in [5.74, 6) is 0.158. The first-order valence-electron chi connectivity index (χ1n) is 8.37. The van der Waals surface area contributed by atoms with E-state index in [0.29, 0.717) is 0 Å². The second-order valence-corrected chi connectivity index (χ2v) is 9.06. The van der Waals surface area contributed by atoms with Crippen molar-refractivity contribution in [1.29, 1.82) is 0 Å². The van der Waals surface area contributed by atoms with Crippen molar-refractivity contribution < 1.29 is 23.4 Å². The zero-order chi connectivity index (χ0) is 20.2. The second kappa shape index (κ2) is 7.98. The molecule has 1 amide bonds. The minimum atomic E-state index is -3.78. The summed E-state index contributed by atoms with van der Waals surface area (Å²) in [5.41, 5.74) is 1.21. The zero-order valence-corrected chi connectivity index (χ0v) is 16.2. The summed E-state index contributed by atoms with van der Waals surface area (Å²) < 4.78 is 27.5. The van der Waals surface area contributed by atoms with Gasteiger partial charge in [0.05, 0.1) is 10.9 Å². The molecule has 27 heavy (non-hydrogen) atoms. The van der Waals surface area contributed by atoms with Crippen LogP contribution in [0.3, 0.4) is 0 Å². The van der Waals surface area contributed by atoms with Crippen molar-refractivity contribution in [3.63, 3.8) is 0 Å². The summed E-state index contributed by atoms with van der Waals surface area (Å²) in [5, 5.41) is 20.6. The highest BCUT2D eigenvalue weighted by Crippen LogP contribution is 2.24. The Morgan fingerprint density at radius 1 is 1.00 bits per heavy atom. The molecule has 0 aliphatic rings. The Bertz CT molecular complexity index is 885. The van der Waals surface area contributed by atoms with Gasteiger partial charge >= 0.3 is 6.09 Å². The number of phenolic OH excluding ortho intramolecular Hbond substituents is 1. The van der Waals surface area contributed by atoms with E-state index in [2.05, 4.69) is 10.0 Å². The van der Waals surface area contributed by atoms with Gasteiger partial charge in [0, 0.05) is 6.54 Å². The number of aromatic hydroxyl groups is 1. The van der Waals surface area contributed by atoms with Crippen LogP contribution in [0, 0.1) is 5.41 Å². The van der Waals surface area contributed by atoms with Crippen molar-refractivity contribution in [2.75, 3.05) is 6.54 Å². The van der Waals surface area contributed by atoms with Crippen LogP contribution in [-0.4, -0.2) is 37.3 Å². The summed E-state index contributed by atoms with van der Waals surface area (Å²) in [6.07, 6.45) is -1.20. The van der Waals surface area contributed by atoms with Gasteiger partial charge < -0.3 is 15.5 Å². The first kappa shape index (κ1) is 20.7. The van der Waals surface area contributed by atoms with Crippen molar-refractivity contribution in [1.82, 2.24) is 10.0 Å². The quantitative estimate of drug-likeness (QED) is 0.603. The standard InChI is InChI=1S/C19H24N2O5S/c1-19(2,3)17(21-18(23)24)12-20-27(25,26)16-10-6-14(7-11-16)13-4-8-15(22)9-5-13/h4-11,17,20-22H,12H2,1-3H3,(H,23,24). The van der Waals surface area contributed by atoms with Gasteiger partial charge in [-0.1, -0.05) is 45.0 Å². The van der Waals surface area contributed by atoms with E-state index in [1.807, 2.05) is 20.8 Å². The van der Waals surface area contributed by atoms with E-state index in [1.165, 1.54) is 12.1 Å². The Balaban J connectivity index is 2.14. The van der Waals surface area contributed by atoms with Crippen LogP contribution in [0.1, 0.15) is 20.8 Å². The molecule has 0 saturated carbocycles. The maximum absolute atomic E-state index is 12.5. The molecule has 0 bridgehead atoms. The van der Waals surface area contributed by atoms with Gasteiger partial charge in [0.15, 0.2) is 0 Å². The number of amides is 1. The maximum atomic E-state index is 12.5. The van der Waals surface area contributed by atoms with E-state index < -0.39 is 27.6 Å². The van der Waals surface area contributed by atoms with Crippen molar-refractivity contribution >= 4 is 16.1 Å². The van der Waals surface area contributed by atoms with Crippen molar-refractivity contribution in [2.45, 2.75) is 31.7 Å². The number of sulfonamides is 1. The molecule has 0 fully saturated rings. The number of carboxylic acid groups (broad SMARTS) is 1. The largest absolute Gasteiger partial charge is 0.508 e. The van der Waals surface area contributed by atoms with Crippen LogP contribution in [0.15, 0.2) is 53.4 Å². The number of hydrogen-bond donors (Lipinski definition) is 4. The van der Waals surface area contributed by atoms with E-state index in [9.17, 15) is 18.3 Å². The van der Waals surface area contributed by atoms with Crippen LogP contribution in [0.5, 0.6) is 5.75 Å². The van der Waals surface area contributed by atoms with Crippen molar-refractivity contribution in [3.05, 3.63) is 48.5 Å². The average molecular weight is 392 g/mol. The summed E-state index contributed by atoms with van der Waals surface area (Å²) in [6, 6.07) is 12.3. The number of nitrogens with one attached hydrogen (secondary N) is 2. The van der Waals surface area contributed by atoms with Crippen LogP contribution < -0.4 is 10.0 Å². The van der Waals surface area contributed by atoms with Crippen molar-refractivity contribution in [2.24, 2.45) is 5.41 Å². The third-order valence-corrected chi connectivity index (χ3v) is 5.63. The molecular formula is C19H24N2O5S. The number of carbonyl (C=O) groups is 1. The molecule has 0 radical (unpaired) electrons. The van der Waals surface area contributed by atoms with E-state index in [0.717, 1.165) is 11.1 Å². The van der Waals surface area contributed by atoms with E-state index in [4.69, 9.17) is 5.11 Å². The Morgan fingerprint density at radius 2 is 1.48 bits per heavy atom. The normalized spacial score (nSPS) is 13.1. The lowest BCUT2D eigenvalue weighted by atomic mass is 9.87. The topological polar surface area (TPSA) is 116 Å². The molecule has 1 atom stereocenters. The SMILES string of the molecule is CC(C)(C)C(CNS(=O)(=O)c1ccc(-c2ccc(O)cc2)cc1)NC(=O)O. The molecule has 0 spiro atoms. The van der Waals surface area contributed by atoms with Gasteiger partial charge in [0.2, 0.25) is 10.0 Å². The van der Waals surface area contributed by atoms with Gasteiger partial charge in [-0.05, 0) is 40.8 Å². The molecule has 8 heteroatoms. The molecule has 2 aromatic carbocycles. The van der Waals surface area contributed by atoms with Crippen LogP contribution in [0.4, 0.5) is 4.79 Å². The third-order valence-electron chi connectivity index (χ3n) is 4.19. The Kier molecular flexibility index (Phi) is 6.12. The third kappa shape index (κ3) is 5.70. The van der Waals surface area contributed by atoms with Crippen LogP contribution in [0.25, 0.3) is 11.1 Å². The molecule has 4 N–H and O–H groups in total. The van der Waals surface area contributed by atoms with Gasteiger partial charge in [0.25, 0.3) is 0 Å². The Morgan fingerprint density at radius 3 is 1.93 bits per heavy atom. The predicted octanol–water partition coefficient (Wildman–Crippen LogP) is 3.02. The lowest BCUT2D eigenvalue weighted by molar-refractivity contribution is 0.175. The van der Waals surface area contributed by atoms with E-state index >= 15 is 0 Å². The molecule has 2 aromatic rings. The van der Waals surface area contributed by atoms with Gasteiger partial charge in [-0.3, -0.25) is 0 Å². The molecule has 0 aliphatic carbocycles. The monoisotopic (exact) mass is 392 g/mol. The average Bonchev–Trinajstić information content (AvgIpc) is 2.58. The predicted molar refractivity (Wildman–Crippen MR) is 103 cm³/mol. The zero-order valence-electron chi connectivity index (χ0n) is 15.4. The van der Waals surface area contributed by atoms with Gasteiger partial charge in [0.1, 0.15) is 5.75 Å². The molecule has 0 aromatic heterocycles. The number of benzene rings is 2. The fourth-order valence-corrected chi connectivity index (χ4v) is 3.53. The molecular weight excluding hydrogens is 368 g/mol. The molecule has 0 heterocycles. The smallest absolute Gasteiger partial charge is 0.404 e. The highest BCUT2D eigenvalue weighted by molar-refractivity contribution is 7.89. The fourth-order valence-electron chi connectivity index (χ4n) is 2.48. The number of phenols is 1. The number of rotatable bonds is 6. The molecule has 0 aliphatic heterocycles.